The summed E-state index contributed by atoms with van der Waals surface area (Å²) in [5, 5.41) is 29.2. The van der Waals surface area contributed by atoms with Crippen molar-refractivity contribution in [3.8, 4) is 18.2 Å². The Morgan fingerprint density at radius 2 is 2.12 bits per heavy atom. The topological polar surface area (TPSA) is 131 Å². The molecule has 1 aliphatic heterocycles. The zero-order valence-electron chi connectivity index (χ0n) is 13.6. The number of rotatable bonds is 1. The first-order chi connectivity index (χ1) is 12.0. The van der Waals surface area contributed by atoms with Crippen molar-refractivity contribution in [1.29, 1.82) is 15.8 Å². The number of fused-ring (bicyclic) bond motifs is 1. The Balaban J connectivity index is 2.29. The zero-order valence-corrected chi connectivity index (χ0v) is 13.6. The Labute approximate surface area is 144 Å². The van der Waals surface area contributed by atoms with Gasteiger partial charge in [0.2, 0.25) is 5.91 Å². The molecule has 7 heteroatoms. The lowest BCUT2D eigenvalue weighted by atomic mass is 9.58. The largest absolute Gasteiger partial charge is 0.472 e. The van der Waals surface area contributed by atoms with Gasteiger partial charge in [0.05, 0.1) is 35.9 Å². The van der Waals surface area contributed by atoms with E-state index >= 15 is 0 Å². The maximum atomic E-state index is 11.8. The molecule has 0 fully saturated rings. The third kappa shape index (κ3) is 2.20. The average molecular weight is 333 g/mol. The standard InChI is InChI=1S/C18H15N5O2/c1-11(24)23-4-2-13-14(6-19)17(22)18(9-20,10-21)16(15(13)7-23)12-3-5-25-8-12/h2-3,5,8,15-16H,4,7,22H2,1H3/t15-,16+/m1/s1. The van der Waals surface area contributed by atoms with Crippen LogP contribution in [0.25, 0.3) is 0 Å². The summed E-state index contributed by atoms with van der Waals surface area (Å²) in [4.78, 5) is 13.5. The van der Waals surface area contributed by atoms with E-state index in [-0.39, 0.29) is 17.2 Å². The van der Waals surface area contributed by atoms with Crippen LogP contribution >= 0.6 is 0 Å². The lowest BCUT2D eigenvalue weighted by molar-refractivity contribution is -0.129. The highest BCUT2D eigenvalue weighted by molar-refractivity contribution is 5.74. The van der Waals surface area contributed by atoms with Crippen LogP contribution in [0.5, 0.6) is 0 Å². The van der Waals surface area contributed by atoms with E-state index in [1.54, 1.807) is 17.0 Å². The van der Waals surface area contributed by atoms with E-state index in [4.69, 9.17) is 10.2 Å². The van der Waals surface area contributed by atoms with Crippen LogP contribution in [0.2, 0.25) is 0 Å². The molecule has 1 aromatic rings. The third-order valence-corrected chi connectivity index (χ3v) is 5.01. The van der Waals surface area contributed by atoms with Crippen molar-refractivity contribution in [3.63, 3.8) is 0 Å². The molecule has 3 rings (SSSR count). The number of allylic oxidation sites excluding steroid dienone is 2. The zero-order chi connectivity index (χ0) is 18.2. The van der Waals surface area contributed by atoms with Crippen molar-refractivity contribution in [3.05, 3.63) is 47.1 Å². The van der Waals surface area contributed by atoms with Crippen molar-refractivity contribution in [2.24, 2.45) is 17.1 Å². The molecule has 0 saturated heterocycles. The second kappa shape index (κ2) is 5.85. The van der Waals surface area contributed by atoms with Crippen LogP contribution in [0.4, 0.5) is 0 Å². The molecule has 0 unspecified atom stereocenters. The van der Waals surface area contributed by atoms with Gasteiger partial charge in [-0.2, -0.15) is 15.8 Å². The first-order valence-corrected chi connectivity index (χ1v) is 7.71. The SMILES string of the molecule is CC(=O)N1CC=C2C(C#N)=C(N)C(C#N)(C#N)[C@@H](c3ccoc3)[C@@H]2C1. The number of carbonyl (C=O) groups is 1. The monoisotopic (exact) mass is 333 g/mol. The fraction of sp³-hybridized carbons (Fsp3) is 0.333. The minimum atomic E-state index is -1.70. The van der Waals surface area contributed by atoms with E-state index in [0.29, 0.717) is 24.2 Å². The molecule has 0 aromatic carbocycles. The molecule has 0 bridgehead atoms. The number of nitrogens with zero attached hydrogens (tertiary/aromatic N) is 4. The quantitative estimate of drug-likeness (QED) is 0.829. The van der Waals surface area contributed by atoms with E-state index in [9.17, 15) is 20.6 Å². The predicted octanol–water partition coefficient (Wildman–Crippen LogP) is 1.55. The van der Waals surface area contributed by atoms with Gasteiger partial charge in [-0.15, -0.1) is 0 Å². The minimum absolute atomic E-state index is 0.0371. The summed E-state index contributed by atoms with van der Waals surface area (Å²) in [7, 11) is 0. The number of hydrogen-bond donors (Lipinski definition) is 1. The van der Waals surface area contributed by atoms with Crippen LogP contribution < -0.4 is 5.73 Å². The Bertz CT molecular complexity index is 891. The summed E-state index contributed by atoms with van der Waals surface area (Å²) < 4.78 is 5.15. The van der Waals surface area contributed by atoms with Gasteiger partial charge in [0, 0.05) is 31.8 Å². The molecular weight excluding hydrogens is 318 g/mol. The van der Waals surface area contributed by atoms with Gasteiger partial charge in [0.25, 0.3) is 0 Å². The number of amides is 1. The molecule has 1 aliphatic carbocycles. The normalized spacial score (nSPS) is 24.4. The van der Waals surface area contributed by atoms with Crippen LogP contribution in [0.3, 0.4) is 0 Å². The van der Waals surface area contributed by atoms with Crippen LogP contribution in [0.1, 0.15) is 18.4 Å². The summed E-state index contributed by atoms with van der Waals surface area (Å²) in [6.07, 6.45) is 4.72. The van der Waals surface area contributed by atoms with E-state index in [0.717, 1.165) is 0 Å². The maximum Gasteiger partial charge on any atom is 0.219 e. The summed E-state index contributed by atoms with van der Waals surface area (Å²) in [5.74, 6) is -1.13. The van der Waals surface area contributed by atoms with E-state index in [1.807, 2.05) is 18.2 Å². The van der Waals surface area contributed by atoms with Gasteiger partial charge in [0.1, 0.15) is 6.07 Å². The highest BCUT2D eigenvalue weighted by Gasteiger charge is 2.54. The average Bonchev–Trinajstić information content (AvgIpc) is 3.14. The molecule has 0 radical (unpaired) electrons. The maximum absolute atomic E-state index is 11.8. The van der Waals surface area contributed by atoms with Crippen molar-refractivity contribution < 1.29 is 9.21 Å². The van der Waals surface area contributed by atoms with Crippen molar-refractivity contribution in [2.75, 3.05) is 13.1 Å². The molecule has 124 valence electrons. The fourth-order valence-electron chi connectivity index (χ4n) is 3.77. The van der Waals surface area contributed by atoms with E-state index < -0.39 is 17.3 Å². The van der Waals surface area contributed by atoms with Gasteiger partial charge in [-0.25, -0.2) is 0 Å². The number of nitrogens with two attached hydrogens (primary N) is 1. The molecule has 1 amide bonds. The Morgan fingerprint density at radius 3 is 2.64 bits per heavy atom. The second-order valence-electron chi connectivity index (χ2n) is 6.16. The molecule has 25 heavy (non-hydrogen) atoms. The van der Waals surface area contributed by atoms with Crippen molar-refractivity contribution in [2.45, 2.75) is 12.8 Å². The van der Waals surface area contributed by atoms with E-state index in [2.05, 4.69) is 0 Å². The van der Waals surface area contributed by atoms with Gasteiger partial charge in [-0.05, 0) is 17.2 Å². The molecule has 2 aliphatic rings. The smallest absolute Gasteiger partial charge is 0.219 e. The van der Waals surface area contributed by atoms with Gasteiger partial charge >= 0.3 is 0 Å². The van der Waals surface area contributed by atoms with Crippen molar-refractivity contribution >= 4 is 5.91 Å². The summed E-state index contributed by atoms with van der Waals surface area (Å²) in [6.45, 7) is 2.14. The highest BCUT2D eigenvalue weighted by Crippen LogP contribution is 2.54. The van der Waals surface area contributed by atoms with Gasteiger partial charge in [0.15, 0.2) is 5.41 Å². The van der Waals surface area contributed by atoms with E-state index in [1.165, 1.54) is 19.5 Å². The molecule has 2 heterocycles. The van der Waals surface area contributed by atoms with Gasteiger partial charge < -0.3 is 15.1 Å². The summed E-state index contributed by atoms with van der Waals surface area (Å²) in [6, 6.07) is 7.79. The first kappa shape index (κ1) is 16.4. The first-order valence-electron chi connectivity index (χ1n) is 7.71. The molecule has 2 N–H and O–H groups in total. The van der Waals surface area contributed by atoms with Crippen LogP contribution in [-0.2, 0) is 4.79 Å². The predicted molar refractivity (Wildman–Crippen MR) is 85.8 cm³/mol. The molecule has 0 spiro atoms. The van der Waals surface area contributed by atoms with Crippen molar-refractivity contribution in [1.82, 2.24) is 4.90 Å². The number of carbonyl (C=O) groups excluding carboxylic acids is 1. The highest BCUT2D eigenvalue weighted by atomic mass is 16.3. The third-order valence-electron chi connectivity index (χ3n) is 5.01. The molecule has 2 atom stereocenters. The number of hydrogen-bond acceptors (Lipinski definition) is 6. The lowest BCUT2D eigenvalue weighted by Crippen LogP contribution is -2.48. The summed E-state index contributed by atoms with van der Waals surface area (Å²) >= 11 is 0. The van der Waals surface area contributed by atoms with Crippen LogP contribution in [0.15, 0.2) is 45.9 Å². The Kier molecular flexibility index (Phi) is 3.83. The number of furan rings is 1. The number of nitriles is 3. The Morgan fingerprint density at radius 1 is 1.40 bits per heavy atom. The van der Waals surface area contributed by atoms with Crippen LogP contribution in [-0.4, -0.2) is 23.9 Å². The van der Waals surface area contributed by atoms with Crippen LogP contribution in [0, 0.1) is 45.3 Å². The fourth-order valence-corrected chi connectivity index (χ4v) is 3.77. The molecule has 7 nitrogen and oxygen atoms in total. The lowest BCUT2D eigenvalue weighted by Gasteiger charge is -2.44. The van der Waals surface area contributed by atoms with Gasteiger partial charge in [-0.1, -0.05) is 6.08 Å². The molecule has 0 saturated carbocycles. The molecular formula is C18H15N5O2. The summed E-state index contributed by atoms with van der Waals surface area (Å²) in [5.41, 5.74) is 5.90. The Hall–Kier alpha value is -3.50. The minimum Gasteiger partial charge on any atom is -0.472 e. The second-order valence-corrected chi connectivity index (χ2v) is 6.16. The molecule has 1 aromatic heterocycles. The van der Waals surface area contributed by atoms with Gasteiger partial charge in [-0.3, -0.25) is 4.79 Å².